The zero-order valence-corrected chi connectivity index (χ0v) is 11.8. The summed E-state index contributed by atoms with van der Waals surface area (Å²) in [7, 11) is 0. The zero-order chi connectivity index (χ0) is 12.6. The van der Waals surface area contributed by atoms with Crippen LogP contribution in [0.15, 0.2) is 30.3 Å². The fourth-order valence-corrected chi connectivity index (χ4v) is 1.79. The monoisotopic (exact) mass is 253 g/mol. The third-order valence-corrected chi connectivity index (χ3v) is 3.60. The Kier molecular flexibility index (Phi) is 6.61. The second-order valence-corrected chi connectivity index (χ2v) is 5.68. The third-order valence-electron chi connectivity index (χ3n) is 2.88. The van der Waals surface area contributed by atoms with Crippen molar-refractivity contribution in [3.63, 3.8) is 0 Å². The number of nitrogens with one attached hydrogen (secondary N) is 1. The molecule has 0 aliphatic rings. The van der Waals surface area contributed by atoms with E-state index in [1.807, 2.05) is 0 Å². The number of halogens is 1. The second kappa shape index (κ2) is 7.73. The predicted octanol–water partition coefficient (Wildman–Crippen LogP) is 3.86. The molecule has 0 aliphatic carbocycles. The summed E-state index contributed by atoms with van der Waals surface area (Å²) in [5, 5.41) is 3.48. The molecule has 0 fully saturated rings. The average molecular weight is 254 g/mol. The van der Waals surface area contributed by atoms with E-state index < -0.39 is 0 Å². The van der Waals surface area contributed by atoms with Crippen molar-refractivity contribution < 1.29 is 0 Å². The molecule has 0 aromatic heterocycles. The van der Waals surface area contributed by atoms with Gasteiger partial charge in [0.05, 0.1) is 0 Å². The topological polar surface area (TPSA) is 12.0 Å². The van der Waals surface area contributed by atoms with E-state index in [9.17, 15) is 0 Å². The molecule has 0 heterocycles. The van der Waals surface area contributed by atoms with Gasteiger partial charge in [-0.25, -0.2) is 0 Å². The lowest BCUT2D eigenvalue weighted by atomic mass is 9.96. The SMILES string of the molecule is CC(C)(CCl)CNCCCCc1ccccc1. The van der Waals surface area contributed by atoms with Crippen LogP contribution in [0.2, 0.25) is 0 Å². The first-order valence-corrected chi connectivity index (χ1v) is 6.98. The molecule has 0 bridgehead atoms. The van der Waals surface area contributed by atoms with Gasteiger partial charge in [-0.05, 0) is 36.8 Å². The molecule has 0 saturated carbocycles. The van der Waals surface area contributed by atoms with Crippen LogP contribution < -0.4 is 5.32 Å². The lowest BCUT2D eigenvalue weighted by molar-refractivity contribution is 0.384. The molecule has 1 aromatic rings. The average Bonchev–Trinajstić information content (AvgIpc) is 2.35. The van der Waals surface area contributed by atoms with Gasteiger partial charge in [-0.1, -0.05) is 44.2 Å². The Balaban J connectivity index is 2.02. The van der Waals surface area contributed by atoms with E-state index in [-0.39, 0.29) is 5.41 Å². The van der Waals surface area contributed by atoms with Crippen molar-refractivity contribution in [1.82, 2.24) is 5.32 Å². The van der Waals surface area contributed by atoms with Crippen LogP contribution in [0, 0.1) is 5.41 Å². The van der Waals surface area contributed by atoms with Gasteiger partial charge in [-0.2, -0.15) is 0 Å². The molecule has 2 heteroatoms. The first-order valence-electron chi connectivity index (χ1n) is 6.45. The van der Waals surface area contributed by atoms with Crippen molar-refractivity contribution in [2.75, 3.05) is 19.0 Å². The van der Waals surface area contributed by atoms with Crippen LogP contribution in [0.3, 0.4) is 0 Å². The predicted molar refractivity (Wildman–Crippen MR) is 76.8 cm³/mol. The van der Waals surface area contributed by atoms with E-state index in [0.29, 0.717) is 5.88 Å². The first-order chi connectivity index (χ1) is 8.14. The molecule has 96 valence electrons. The number of unbranched alkanes of at least 4 members (excludes halogenated alkanes) is 1. The first kappa shape index (κ1) is 14.5. The molecule has 0 unspecified atom stereocenters. The minimum Gasteiger partial charge on any atom is -0.316 e. The van der Waals surface area contributed by atoms with Crippen molar-refractivity contribution in [3.8, 4) is 0 Å². The lowest BCUT2D eigenvalue weighted by Gasteiger charge is -2.21. The summed E-state index contributed by atoms with van der Waals surface area (Å²) in [5.41, 5.74) is 1.65. The van der Waals surface area contributed by atoms with E-state index >= 15 is 0 Å². The van der Waals surface area contributed by atoms with Gasteiger partial charge in [-0.3, -0.25) is 0 Å². The van der Waals surface area contributed by atoms with Gasteiger partial charge >= 0.3 is 0 Å². The van der Waals surface area contributed by atoms with Gasteiger partial charge < -0.3 is 5.32 Å². The van der Waals surface area contributed by atoms with Crippen LogP contribution in [0.5, 0.6) is 0 Å². The molecule has 0 aliphatic heterocycles. The molecule has 1 N–H and O–H groups in total. The summed E-state index contributed by atoms with van der Waals surface area (Å²) in [6.45, 7) is 6.48. The highest BCUT2D eigenvalue weighted by Crippen LogP contribution is 2.14. The van der Waals surface area contributed by atoms with E-state index in [2.05, 4.69) is 49.5 Å². The van der Waals surface area contributed by atoms with Crippen LogP contribution >= 0.6 is 11.6 Å². The van der Waals surface area contributed by atoms with Crippen LogP contribution in [-0.2, 0) is 6.42 Å². The Morgan fingerprint density at radius 1 is 1.12 bits per heavy atom. The molecular weight excluding hydrogens is 230 g/mol. The smallest absolute Gasteiger partial charge is 0.0286 e. The van der Waals surface area contributed by atoms with E-state index in [1.54, 1.807) is 0 Å². The quantitative estimate of drug-likeness (QED) is 0.548. The van der Waals surface area contributed by atoms with Gasteiger partial charge in [0.15, 0.2) is 0 Å². The zero-order valence-electron chi connectivity index (χ0n) is 11.0. The standard InChI is InChI=1S/C15H24ClN/c1-15(2,12-16)13-17-11-7-6-10-14-8-4-3-5-9-14/h3-5,8-9,17H,6-7,10-13H2,1-2H3. The van der Waals surface area contributed by atoms with Crippen LogP contribution in [-0.4, -0.2) is 19.0 Å². The Morgan fingerprint density at radius 3 is 2.47 bits per heavy atom. The van der Waals surface area contributed by atoms with Crippen LogP contribution in [0.25, 0.3) is 0 Å². The molecule has 1 rings (SSSR count). The van der Waals surface area contributed by atoms with Crippen LogP contribution in [0.4, 0.5) is 0 Å². The van der Waals surface area contributed by atoms with Gasteiger partial charge in [0.1, 0.15) is 0 Å². The molecule has 1 aromatic carbocycles. The van der Waals surface area contributed by atoms with Crippen molar-refractivity contribution in [1.29, 1.82) is 0 Å². The minimum atomic E-state index is 0.209. The fourth-order valence-electron chi connectivity index (χ4n) is 1.70. The number of aryl methyl sites for hydroxylation is 1. The Hall–Kier alpha value is -0.530. The summed E-state index contributed by atoms with van der Waals surface area (Å²) in [6, 6.07) is 10.7. The highest BCUT2D eigenvalue weighted by molar-refractivity contribution is 6.18. The van der Waals surface area contributed by atoms with Gasteiger partial charge in [0.2, 0.25) is 0 Å². The fraction of sp³-hybridized carbons (Fsp3) is 0.600. The number of hydrogen-bond acceptors (Lipinski definition) is 1. The van der Waals surface area contributed by atoms with E-state index in [4.69, 9.17) is 11.6 Å². The number of rotatable bonds is 8. The minimum absolute atomic E-state index is 0.209. The molecule has 0 radical (unpaired) electrons. The maximum atomic E-state index is 5.87. The van der Waals surface area contributed by atoms with Gasteiger partial charge in [0.25, 0.3) is 0 Å². The third kappa shape index (κ3) is 6.70. The largest absolute Gasteiger partial charge is 0.316 e. The van der Waals surface area contributed by atoms with Crippen molar-refractivity contribution in [2.45, 2.75) is 33.1 Å². The second-order valence-electron chi connectivity index (χ2n) is 5.42. The summed E-state index contributed by atoms with van der Waals surface area (Å²) < 4.78 is 0. The normalized spacial score (nSPS) is 11.7. The maximum Gasteiger partial charge on any atom is 0.0286 e. The Labute approximate surface area is 111 Å². The van der Waals surface area contributed by atoms with E-state index in [1.165, 1.54) is 24.8 Å². The van der Waals surface area contributed by atoms with Crippen LogP contribution in [0.1, 0.15) is 32.3 Å². The summed E-state index contributed by atoms with van der Waals surface area (Å²) in [6.07, 6.45) is 3.66. The Bertz CT molecular complexity index is 295. The molecule has 0 amide bonds. The highest BCUT2D eigenvalue weighted by Gasteiger charge is 2.14. The molecule has 1 nitrogen and oxygen atoms in total. The maximum absolute atomic E-state index is 5.87. The number of alkyl halides is 1. The summed E-state index contributed by atoms with van der Waals surface area (Å²) in [4.78, 5) is 0. The summed E-state index contributed by atoms with van der Waals surface area (Å²) in [5.74, 6) is 0.712. The molecular formula is C15H24ClN. The highest BCUT2D eigenvalue weighted by atomic mass is 35.5. The van der Waals surface area contributed by atoms with Crippen molar-refractivity contribution >= 4 is 11.6 Å². The molecule has 0 atom stereocenters. The molecule has 0 spiro atoms. The summed E-state index contributed by atoms with van der Waals surface area (Å²) >= 11 is 5.87. The van der Waals surface area contributed by atoms with Gasteiger partial charge in [0, 0.05) is 12.4 Å². The van der Waals surface area contributed by atoms with Crippen molar-refractivity contribution in [3.05, 3.63) is 35.9 Å². The van der Waals surface area contributed by atoms with Gasteiger partial charge in [-0.15, -0.1) is 11.6 Å². The lowest BCUT2D eigenvalue weighted by Crippen LogP contribution is -2.31. The Morgan fingerprint density at radius 2 is 1.82 bits per heavy atom. The number of hydrogen-bond donors (Lipinski definition) is 1. The van der Waals surface area contributed by atoms with Crippen molar-refractivity contribution in [2.24, 2.45) is 5.41 Å². The molecule has 17 heavy (non-hydrogen) atoms. The number of benzene rings is 1. The van der Waals surface area contributed by atoms with E-state index in [0.717, 1.165) is 13.1 Å². The molecule has 0 saturated heterocycles.